The number of likely N-dealkylation sites (tertiary alicyclic amines) is 1. The van der Waals surface area contributed by atoms with Crippen LogP contribution in [0.2, 0.25) is 0 Å². The summed E-state index contributed by atoms with van der Waals surface area (Å²) in [6, 6.07) is 11.1. The van der Waals surface area contributed by atoms with Crippen LogP contribution in [0.5, 0.6) is 11.8 Å². The molecule has 1 saturated heterocycles. The Labute approximate surface area is 144 Å². The first-order valence-electron chi connectivity index (χ1n) is 8.63. The van der Waals surface area contributed by atoms with Crippen LogP contribution in [0, 0.1) is 0 Å². The van der Waals surface area contributed by atoms with Crippen molar-refractivity contribution >= 4 is 0 Å². The maximum absolute atomic E-state index is 5.65. The van der Waals surface area contributed by atoms with Crippen molar-refractivity contribution in [1.29, 1.82) is 0 Å². The monoisotopic (exact) mass is 326 g/mol. The molecule has 0 amide bonds. The van der Waals surface area contributed by atoms with Crippen LogP contribution in [0.15, 0.2) is 42.7 Å². The molecule has 0 unspecified atom stereocenters. The Balaban J connectivity index is 1.59. The fraction of sp³-hybridized carbons (Fsp3) is 0.474. The van der Waals surface area contributed by atoms with Crippen LogP contribution in [0.1, 0.15) is 24.8 Å². The van der Waals surface area contributed by atoms with Gasteiger partial charge in [-0.1, -0.05) is 18.6 Å². The van der Waals surface area contributed by atoms with Crippen LogP contribution >= 0.6 is 0 Å². The zero-order chi connectivity index (χ0) is 16.8. The van der Waals surface area contributed by atoms with Gasteiger partial charge in [0.05, 0.1) is 0 Å². The van der Waals surface area contributed by atoms with Crippen molar-refractivity contribution in [2.45, 2.75) is 31.8 Å². The molecule has 0 bridgehead atoms. The number of likely N-dealkylation sites (N-methyl/N-ethyl adjacent to an activating group) is 1. The quantitative estimate of drug-likeness (QED) is 0.844. The molecule has 2 aromatic rings. The van der Waals surface area contributed by atoms with E-state index in [0.717, 1.165) is 18.8 Å². The van der Waals surface area contributed by atoms with Gasteiger partial charge in [-0.25, -0.2) is 9.97 Å². The predicted molar refractivity (Wildman–Crippen MR) is 95.2 cm³/mol. The number of hydrogen-bond acceptors (Lipinski definition) is 5. The van der Waals surface area contributed by atoms with Gasteiger partial charge in [-0.3, -0.25) is 4.90 Å². The molecule has 0 N–H and O–H groups in total. The van der Waals surface area contributed by atoms with Crippen LogP contribution in [0.25, 0.3) is 0 Å². The van der Waals surface area contributed by atoms with Gasteiger partial charge in [0.2, 0.25) is 0 Å². The molecule has 1 atom stereocenters. The largest absolute Gasteiger partial charge is 0.424 e. The van der Waals surface area contributed by atoms with Gasteiger partial charge in [0, 0.05) is 31.5 Å². The van der Waals surface area contributed by atoms with E-state index in [2.05, 4.69) is 46.0 Å². The van der Waals surface area contributed by atoms with E-state index in [1.54, 1.807) is 18.5 Å². The molecular formula is C19H26N4O. The standard InChI is InChI=1S/C19H26N4O/c1-22(2)17-6-3-4-13-23(15-17)14-16-7-9-18(10-8-16)24-19-20-11-5-12-21-19/h5,7-12,17H,3-4,6,13-15H2,1-2H3/t17-/m0/s1. The van der Waals surface area contributed by atoms with Crippen LogP contribution in [-0.2, 0) is 6.54 Å². The summed E-state index contributed by atoms with van der Waals surface area (Å²) in [4.78, 5) is 13.1. The van der Waals surface area contributed by atoms with Gasteiger partial charge in [0.1, 0.15) is 5.75 Å². The van der Waals surface area contributed by atoms with E-state index in [4.69, 9.17) is 4.74 Å². The minimum atomic E-state index is 0.381. The average Bonchev–Trinajstić information content (AvgIpc) is 2.83. The minimum Gasteiger partial charge on any atom is -0.424 e. The van der Waals surface area contributed by atoms with E-state index in [1.807, 2.05) is 12.1 Å². The fourth-order valence-electron chi connectivity index (χ4n) is 3.13. The van der Waals surface area contributed by atoms with Crippen LogP contribution < -0.4 is 4.74 Å². The molecule has 1 aromatic heterocycles. The number of hydrogen-bond donors (Lipinski definition) is 0. The van der Waals surface area contributed by atoms with Gasteiger partial charge in [0.25, 0.3) is 0 Å². The van der Waals surface area contributed by atoms with Crippen molar-refractivity contribution in [2.75, 3.05) is 27.2 Å². The molecule has 2 heterocycles. The van der Waals surface area contributed by atoms with Crippen molar-refractivity contribution in [1.82, 2.24) is 19.8 Å². The van der Waals surface area contributed by atoms with Crippen molar-refractivity contribution < 1.29 is 4.74 Å². The number of aromatic nitrogens is 2. The molecule has 0 saturated carbocycles. The highest BCUT2D eigenvalue weighted by molar-refractivity contribution is 5.29. The van der Waals surface area contributed by atoms with E-state index >= 15 is 0 Å². The van der Waals surface area contributed by atoms with E-state index in [0.29, 0.717) is 12.1 Å². The highest BCUT2D eigenvalue weighted by atomic mass is 16.5. The Kier molecular flexibility index (Phi) is 5.77. The maximum atomic E-state index is 5.65. The van der Waals surface area contributed by atoms with Crippen molar-refractivity contribution in [3.05, 3.63) is 48.3 Å². The zero-order valence-corrected chi connectivity index (χ0v) is 14.6. The van der Waals surface area contributed by atoms with Crippen LogP contribution in [0.3, 0.4) is 0 Å². The highest BCUT2D eigenvalue weighted by Crippen LogP contribution is 2.20. The zero-order valence-electron chi connectivity index (χ0n) is 14.6. The molecule has 128 valence electrons. The lowest BCUT2D eigenvalue weighted by Crippen LogP contribution is -2.38. The second kappa shape index (κ2) is 8.22. The first kappa shape index (κ1) is 16.9. The van der Waals surface area contributed by atoms with Crippen molar-refractivity contribution in [3.63, 3.8) is 0 Å². The third-order valence-corrected chi connectivity index (χ3v) is 4.54. The van der Waals surface area contributed by atoms with Gasteiger partial charge in [-0.15, -0.1) is 0 Å². The maximum Gasteiger partial charge on any atom is 0.321 e. The lowest BCUT2D eigenvalue weighted by Gasteiger charge is -2.28. The molecule has 5 nitrogen and oxygen atoms in total. The van der Waals surface area contributed by atoms with Crippen molar-refractivity contribution in [2.24, 2.45) is 0 Å². The lowest BCUT2D eigenvalue weighted by molar-refractivity contribution is 0.191. The second-order valence-corrected chi connectivity index (χ2v) is 6.63. The first-order valence-corrected chi connectivity index (χ1v) is 8.63. The third kappa shape index (κ3) is 4.76. The minimum absolute atomic E-state index is 0.381. The smallest absolute Gasteiger partial charge is 0.321 e. The summed E-state index contributed by atoms with van der Waals surface area (Å²) in [6.07, 6.45) is 7.27. The van der Waals surface area contributed by atoms with E-state index in [9.17, 15) is 0 Å². The predicted octanol–water partition coefficient (Wildman–Crippen LogP) is 3.19. The Morgan fingerprint density at radius 1 is 1.12 bits per heavy atom. The molecular weight excluding hydrogens is 300 g/mol. The number of nitrogens with zero attached hydrogens (tertiary/aromatic N) is 4. The SMILES string of the molecule is CN(C)[C@H]1CCCCN(Cc2ccc(Oc3ncccn3)cc2)C1. The summed E-state index contributed by atoms with van der Waals surface area (Å²) in [5.41, 5.74) is 1.32. The van der Waals surface area contributed by atoms with Crippen LogP contribution in [-0.4, -0.2) is 53.0 Å². The molecule has 0 spiro atoms. The first-order chi connectivity index (χ1) is 11.7. The van der Waals surface area contributed by atoms with Gasteiger partial charge in [-0.05, 0) is 57.2 Å². The van der Waals surface area contributed by atoms with Crippen LogP contribution in [0.4, 0.5) is 0 Å². The molecule has 1 fully saturated rings. The summed E-state index contributed by atoms with van der Waals surface area (Å²) in [6.45, 7) is 3.32. The molecule has 1 aromatic carbocycles. The Bertz CT molecular complexity index is 615. The summed E-state index contributed by atoms with van der Waals surface area (Å²) in [7, 11) is 4.37. The number of rotatable bonds is 5. The highest BCUT2D eigenvalue weighted by Gasteiger charge is 2.19. The van der Waals surface area contributed by atoms with E-state index in [-0.39, 0.29) is 0 Å². The van der Waals surface area contributed by atoms with Gasteiger partial charge >= 0.3 is 6.01 Å². The molecule has 24 heavy (non-hydrogen) atoms. The molecule has 1 aliphatic rings. The number of ether oxygens (including phenoxy) is 1. The molecule has 0 aliphatic carbocycles. The summed E-state index contributed by atoms with van der Waals surface area (Å²) >= 11 is 0. The van der Waals surface area contributed by atoms with Gasteiger partial charge in [0.15, 0.2) is 0 Å². The second-order valence-electron chi connectivity index (χ2n) is 6.63. The van der Waals surface area contributed by atoms with E-state index < -0.39 is 0 Å². The average molecular weight is 326 g/mol. The third-order valence-electron chi connectivity index (χ3n) is 4.54. The van der Waals surface area contributed by atoms with Gasteiger partial charge in [-0.2, -0.15) is 0 Å². The number of benzene rings is 1. The van der Waals surface area contributed by atoms with Gasteiger partial charge < -0.3 is 9.64 Å². The Morgan fingerprint density at radius 2 is 1.88 bits per heavy atom. The Hall–Kier alpha value is -1.98. The van der Waals surface area contributed by atoms with Crippen molar-refractivity contribution in [3.8, 4) is 11.8 Å². The Morgan fingerprint density at radius 3 is 2.58 bits per heavy atom. The summed E-state index contributed by atoms with van der Waals surface area (Å²) in [5, 5.41) is 0. The molecule has 0 radical (unpaired) electrons. The molecule has 3 rings (SSSR count). The fourth-order valence-corrected chi connectivity index (χ4v) is 3.13. The topological polar surface area (TPSA) is 41.5 Å². The molecule has 5 heteroatoms. The summed E-state index contributed by atoms with van der Waals surface area (Å²) in [5.74, 6) is 0.770. The summed E-state index contributed by atoms with van der Waals surface area (Å²) < 4.78 is 5.65. The lowest BCUT2D eigenvalue weighted by atomic mass is 10.1. The normalized spacial score (nSPS) is 19.2. The molecule has 1 aliphatic heterocycles. The van der Waals surface area contributed by atoms with E-state index in [1.165, 1.54) is 31.4 Å².